The van der Waals surface area contributed by atoms with E-state index in [1.807, 2.05) is 177 Å². The summed E-state index contributed by atoms with van der Waals surface area (Å²) in [7, 11) is -8.52. The molecule has 0 aliphatic heterocycles. The maximum absolute atomic E-state index is 14.7. The first kappa shape index (κ1) is 43.7. The summed E-state index contributed by atoms with van der Waals surface area (Å²) in [4.78, 5) is 0. The van der Waals surface area contributed by atoms with Gasteiger partial charge in [-0.15, -0.1) is 0 Å². The number of phosphoric acid groups is 2. The quantitative estimate of drug-likeness (QED) is 0.100. The third-order valence-corrected chi connectivity index (χ3v) is 14.2. The van der Waals surface area contributed by atoms with E-state index >= 15 is 0 Å². The SMILES string of the molecule is Cc1cccc(C)c1OP(=O)(Oc1ccc(C2(c3ccc(OP(=O)(Oc4c(C)cccc4C)Oc4c(C)cccc4C)cc3)CCCC(C)C2)cc1)Oc1c(C)cccc1C. The van der Waals surface area contributed by atoms with Crippen molar-refractivity contribution in [2.24, 2.45) is 5.92 Å². The molecule has 61 heavy (non-hydrogen) atoms. The van der Waals surface area contributed by atoms with Gasteiger partial charge in [0.05, 0.1) is 0 Å². The maximum atomic E-state index is 14.7. The Morgan fingerprint density at radius 1 is 0.426 bits per heavy atom. The molecular weight excluding hydrogens is 803 g/mol. The fourth-order valence-corrected chi connectivity index (χ4v) is 11.5. The highest BCUT2D eigenvalue weighted by molar-refractivity contribution is 7.50. The van der Waals surface area contributed by atoms with Crippen molar-refractivity contribution in [3.63, 3.8) is 0 Å². The van der Waals surface area contributed by atoms with Gasteiger partial charge in [0.1, 0.15) is 34.5 Å². The molecule has 8 nitrogen and oxygen atoms in total. The van der Waals surface area contributed by atoms with Gasteiger partial charge in [-0.25, -0.2) is 0 Å². The highest BCUT2D eigenvalue weighted by Gasteiger charge is 2.40. The first-order valence-corrected chi connectivity index (χ1v) is 23.8. The Morgan fingerprint density at radius 2 is 0.705 bits per heavy atom. The van der Waals surface area contributed by atoms with Crippen LogP contribution in [0.4, 0.5) is 0 Å². The third kappa shape index (κ3) is 9.72. The molecule has 6 aromatic carbocycles. The first-order chi connectivity index (χ1) is 29.1. The van der Waals surface area contributed by atoms with E-state index in [9.17, 15) is 9.13 Å². The highest BCUT2D eigenvalue weighted by atomic mass is 31.2. The minimum Gasteiger partial charge on any atom is -0.386 e. The molecule has 0 saturated heterocycles. The van der Waals surface area contributed by atoms with Crippen molar-refractivity contribution in [1.82, 2.24) is 0 Å². The van der Waals surface area contributed by atoms with Gasteiger partial charge in [-0.2, -0.15) is 9.13 Å². The Labute approximate surface area is 361 Å². The van der Waals surface area contributed by atoms with Gasteiger partial charge in [0.15, 0.2) is 0 Å². The summed E-state index contributed by atoms with van der Waals surface area (Å²) in [5, 5.41) is 0. The van der Waals surface area contributed by atoms with Crippen molar-refractivity contribution >= 4 is 15.6 Å². The summed E-state index contributed by atoms with van der Waals surface area (Å²) in [5.41, 5.74) is 8.42. The van der Waals surface area contributed by atoms with Gasteiger partial charge in [-0.1, -0.05) is 117 Å². The molecule has 1 unspecified atom stereocenters. The Bertz CT molecular complexity index is 2250. The van der Waals surface area contributed by atoms with Crippen LogP contribution in [0.25, 0.3) is 0 Å². The minimum absolute atomic E-state index is 0.338. The summed E-state index contributed by atoms with van der Waals surface area (Å²) in [6.07, 6.45) is 4.02. The molecule has 1 atom stereocenters. The second kappa shape index (κ2) is 17.9. The zero-order valence-electron chi connectivity index (χ0n) is 36.6. The maximum Gasteiger partial charge on any atom is 0.647 e. The number of aryl methyl sites for hydroxylation is 8. The standard InChI is InChI=1S/C51H56O8P2/c1-34-15-14-32-51(33-34,43-24-28-45(29-25-43)54-60(52,56-47-35(2)16-10-17-36(47)3)57-48-37(4)18-11-19-38(48)5)44-26-30-46(31-27-44)55-61(53,58-49-39(6)20-12-21-40(49)7)59-50-41(8)22-13-23-42(50)9/h10-13,16-31,34H,14-15,32-33H2,1-9H3. The van der Waals surface area contributed by atoms with E-state index < -0.39 is 15.6 Å². The van der Waals surface area contributed by atoms with Gasteiger partial charge < -0.3 is 27.1 Å². The number of hydrogen-bond acceptors (Lipinski definition) is 8. The highest BCUT2D eigenvalue weighted by Crippen LogP contribution is 2.55. The second-order valence-corrected chi connectivity index (χ2v) is 19.5. The van der Waals surface area contributed by atoms with Crippen molar-refractivity contribution in [1.29, 1.82) is 0 Å². The van der Waals surface area contributed by atoms with Crippen LogP contribution in [0, 0.1) is 61.3 Å². The zero-order valence-corrected chi connectivity index (χ0v) is 38.4. The third-order valence-electron chi connectivity index (χ3n) is 11.7. The molecule has 0 aromatic heterocycles. The van der Waals surface area contributed by atoms with Crippen LogP contribution in [0.1, 0.15) is 88.2 Å². The van der Waals surface area contributed by atoms with Crippen LogP contribution < -0.4 is 27.1 Å². The average Bonchev–Trinajstić information content (AvgIpc) is 3.21. The molecule has 0 heterocycles. The summed E-state index contributed by atoms with van der Waals surface area (Å²) in [6, 6.07) is 38.5. The van der Waals surface area contributed by atoms with Crippen LogP contribution >= 0.6 is 15.6 Å². The molecule has 318 valence electrons. The summed E-state index contributed by atoms with van der Waals surface area (Å²) in [5.74, 6) is 3.02. The lowest BCUT2D eigenvalue weighted by molar-refractivity contribution is 0.272. The minimum atomic E-state index is -4.26. The molecule has 0 amide bonds. The summed E-state index contributed by atoms with van der Waals surface area (Å²) in [6.45, 7) is 17.5. The average molecular weight is 859 g/mol. The van der Waals surface area contributed by atoms with Gasteiger partial charge in [-0.05, 0) is 154 Å². The largest absolute Gasteiger partial charge is 0.647 e. The lowest BCUT2D eigenvalue weighted by atomic mass is 9.62. The van der Waals surface area contributed by atoms with Gasteiger partial charge in [0.25, 0.3) is 0 Å². The van der Waals surface area contributed by atoms with Crippen LogP contribution in [-0.2, 0) is 14.5 Å². The van der Waals surface area contributed by atoms with Crippen LogP contribution in [-0.4, -0.2) is 0 Å². The molecule has 1 fully saturated rings. The second-order valence-electron chi connectivity index (χ2n) is 16.7. The normalized spacial score (nSPS) is 15.1. The number of rotatable bonds is 14. The smallest absolute Gasteiger partial charge is 0.386 e. The van der Waals surface area contributed by atoms with Gasteiger partial charge in [-0.3, -0.25) is 0 Å². The number of benzene rings is 6. The Hall–Kier alpha value is -5.42. The Morgan fingerprint density at radius 3 is 0.967 bits per heavy atom. The van der Waals surface area contributed by atoms with Crippen LogP contribution in [0.3, 0.4) is 0 Å². The van der Waals surface area contributed by atoms with Crippen LogP contribution in [0.15, 0.2) is 121 Å². The van der Waals surface area contributed by atoms with E-state index in [0.717, 1.165) is 81.3 Å². The first-order valence-electron chi connectivity index (χ1n) is 20.9. The van der Waals surface area contributed by atoms with E-state index in [2.05, 4.69) is 6.92 Å². The summed E-state index contributed by atoms with van der Waals surface area (Å²) >= 11 is 0. The van der Waals surface area contributed by atoms with E-state index in [4.69, 9.17) is 27.1 Å². The van der Waals surface area contributed by atoms with Crippen LogP contribution in [0.5, 0.6) is 34.5 Å². The number of para-hydroxylation sites is 4. The molecule has 6 aromatic rings. The molecular formula is C51H56O8P2. The van der Waals surface area contributed by atoms with Crippen molar-refractivity contribution in [3.8, 4) is 34.5 Å². The Balaban J connectivity index is 1.19. The summed E-state index contributed by atoms with van der Waals surface area (Å²) < 4.78 is 66.9. The monoisotopic (exact) mass is 858 g/mol. The predicted molar refractivity (Wildman–Crippen MR) is 244 cm³/mol. The lowest BCUT2D eigenvalue weighted by Gasteiger charge is -2.41. The number of hydrogen-bond donors (Lipinski definition) is 0. The topological polar surface area (TPSA) is 89.5 Å². The van der Waals surface area contributed by atoms with Crippen molar-refractivity contribution in [3.05, 3.63) is 177 Å². The lowest BCUT2D eigenvalue weighted by Crippen LogP contribution is -2.33. The van der Waals surface area contributed by atoms with Gasteiger partial charge in [0, 0.05) is 5.41 Å². The predicted octanol–water partition coefficient (Wildman–Crippen LogP) is 14.9. The van der Waals surface area contributed by atoms with Crippen LogP contribution in [0.2, 0.25) is 0 Å². The van der Waals surface area contributed by atoms with E-state index in [1.54, 1.807) is 0 Å². The molecule has 0 radical (unpaired) electrons. The molecule has 0 N–H and O–H groups in total. The number of phosphoric ester groups is 2. The fourth-order valence-electron chi connectivity index (χ4n) is 8.50. The Kier molecular flexibility index (Phi) is 12.8. The zero-order chi connectivity index (χ0) is 43.5. The molecule has 1 saturated carbocycles. The van der Waals surface area contributed by atoms with E-state index in [0.29, 0.717) is 40.4 Å². The molecule has 1 aliphatic carbocycles. The van der Waals surface area contributed by atoms with E-state index in [1.165, 1.54) is 0 Å². The molecule has 0 bridgehead atoms. The van der Waals surface area contributed by atoms with E-state index in [-0.39, 0.29) is 5.41 Å². The van der Waals surface area contributed by atoms with Crippen molar-refractivity contribution in [2.75, 3.05) is 0 Å². The fraction of sp³-hybridized carbons (Fsp3) is 0.294. The van der Waals surface area contributed by atoms with Gasteiger partial charge in [0.2, 0.25) is 0 Å². The molecule has 7 rings (SSSR count). The van der Waals surface area contributed by atoms with Crippen molar-refractivity contribution < 1.29 is 36.3 Å². The van der Waals surface area contributed by atoms with Crippen molar-refractivity contribution in [2.45, 2.75) is 93.4 Å². The molecule has 1 aliphatic rings. The van der Waals surface area contributed by atoms with Gasteiger partial charge >= 0.3 is 15.6 Å². The molecule has 0 spiro atoms. The molecule has 10 heteroatoms.